The molecule has 1 aliphatic carbocycles. The fraction of sp³-hybridized carbons (Fsp3) is 0.903. The summed E-state index contributed by atoms with van der Waals surface area (Å²) < 4.78 is 23.5. The van der Waals surface area contributed by atoms with E-state index >= 15 is 0 Å². The van der Waals surface area contributed by atoms with E-state index in [4.69, 9.17) is 18.9 Å². The highest BCUT2D eigenvalue weighted by atomic mass is 16.7. The van der Waals surface area contributed by atoms with Gasteiger partial charge in [0.25, 0.3) is 0 Å². The molecule has 0 bridgehead atoms. The van der Waals surface area contributed by atoms with Crippen LogP contribution in [0.15, 0.2) is 12.2 Å². The second kappa shape index (κ2) is 17.6. The fourth-order valence-electron chi connectivity index (χ4n) is 6.64. The summed E-state index contributed by atoms with van der Waals surface area (Å²) >= 11 is 0. The van der Waals surface area contributed by atoms with Crippen LogP contribution >= 0.6 is 0 Å². The molecule has 0 aromatic heterocycles. The van der Waals surface area contributed by atoms with E-state index in [1.54, 1.807) is 0 Å². The van der Waals surface area contributed by atoms with E-state index < -0.39 is 23.8 Å². The van der Waals surface area contributed by atoms with Gasteiger partial charge in [0.1, 0.15) is 0 Å². The molecule has 2 heterocycles. The number of ether oxygens (including phenoxy) is 4. The predicted octanol–water partition coefficient (Wildman–Crippen LogP) is 6.27. The van der Waals surface area contributed by atoms with Crippen molar-refractivity contribution in [2.45, 2.75) is 128 Å². The van der Waals surface area contributed by atoms with Crippen LogP contribution in [-0.2, 0) is 23.7 Å². The highest BCUT2D eigenvalue weighted by Crippen LogP contribution is 2.42. The number of aliphatic hydroxyl groups excluding tert-OH is 1. The van der Waals surface area contributed by atoms with Gasteiger partial charge in [-0.3, -0.25) is 4.79 Å². The Kier molecular flexibility index (Phi) is 14.6. The largest absolute Gasteiger partial charge is 0.481 e. The quantitative estimate of drug-likeness (QED) is 0.148. The predicted molar refractivity (Wildman–Crippen MR) is 148 cm³/mol. The SMILES string of the molecule is CCCCCCCC1(CC[C@@H](C(=O)O)[C@H](C[C@@H](O)C/C=C\COC2CCCOC2)C2CCCC2)OCCO1. The minimum Gasteiger partial charge on any atom is -0.481 e. The van der Waals surface area contributed by atoms with E-state index in [1.165, 1.54) is 19.3 Å². The number of hydrogen-bond acceptors (Lipinski definition) is 6. The highest BCUT2D eigenvalue weighted by Gasteiger charge is 2.41. The number of rotatable bonds is 19. The van der Waals surface area contributed by atoms with Gasteiger partial charge in [0.15, 0.2) is 5.79 Å². The van der Waals surface area contributed by atoms with E-state index in [0.717, 1.165) is 64.4 Å². The molecule has 7 heteroatoms. The van der Waals surface area contributed by atoms with Gasteiger partial charge in [-0.25, -0.2) is 0 Å². The Bertz CT molecular complexity index is 663. The van der Waals surface area contributed by atoms with Crippen molar-refractivity contribution < 1.29 is 34.0 Å². The molecule has 2 aliphatic heterocycles. The Morgan fingerprint density at radius 1 is 1.00 bits per heavy atom. The molecule has 220 valence electrons. The van der Waals surface area contributed by atoms with E-state index in [2.05, 4.69) is 6.92 Å². The van der Waals surface area contributed by atoms with Crippen LogP contribution in [0.1, 0.15) is 110 Å². The van der Waals surface area contributed by atoms with Crippen LogP contribution in [0, 0.1) is 17.8 Å². The number of carboxylic acids is 1. The Labute approximate surface area is 230 Å². The third kappa shape index (κ3) is 10.9. The molecule has 7 nitrogen and oxygen atoms in total. The van der Waals surface area contributed by atoms with E-state index in [1.807, 2.05) is 12.2 Å². The number of aliphatic hydroxyl groups is 1. The summed E-state index contributed by atoms with van der Waals surface area (Å²) in [4.78, 5) is 12.6. The first kappa shape index (κ1) is 31.5. The maximum atomic E-state index is 12.6. The van der Waals surface area contributed by atoms with Crippen LogP contribution in [0.3, 0.4) is 0 Å². The minimum atomic E-state index is -0.746. The standard InChI is InChI=1S/C31H54O7/c1-2-3-4-5-9-17-31(37-21-22-38-31)18-16-28(30(33)34)29(25-12-6-7-13-25)23-26(32)14-8-10-20-36-27-15-11-19-35-24-27/h8,10,25-29,32H,2-7,9,11-24H2,1H3,(H,33,34)/b10-8-/t26-,27?,28+,29+/m0/s1. The number of carboxylic acid groups (broad SMARTS) is 1. The zero-order valence-electron chi connectivity index (χ0n) is 23.8. The van der Waals surface area contributed by atoms with E-state index in [9.17, 15) is 15.0 Å². The molecule has 38 heavy (non-hydrogen) atoms. The average Bonchev–Trinajstić information content (AvgIpc) is 3.61. The van der Waals surface area contributed by atoms with Gasteiger partial charge in [0, 0.05) is 19.4 Å². The summed E-state index contributed by atoms with van der Waals surface area (Å²) in [6.07, 6.45) is 19.0. The van der Waals surface area contributed by atoms with Gasteiger partial charge < -0.3 is 29.2 Å². The first-order chi connectivity index (χ1) is 18.5. The topological polar surface area (TPSA) is 94.5 Å². The average molecular weight is 539 g/mol. The first-order valence-corrected chi connectivity index (χ1v) is 15.6. The lowest BCUT2D eigenvalue weighted by Gasteiger charge is -2.34. The van der Waals surface area contributed by atoms with Crippen molar-refractivity contribution in [1.29, 1.82) is 0 Å². The lowest BCUT2D eigenvalue weighted by Crippen LogP contribution is -2.36. The lowest BCUT2D eigenvalue weighted by atomic mass is 9.74. The molecule has 0 radical (unpaired) electrons. The second-order valence-electron chi connectivity index (χ2n) is 11.7. The maximum absolute atomic E-state index is 12.6. The molecule has 3 fully saturated rings. The Morgan fingerprint density at radius 2 is 1.76 bits per heavy atom. The third-order valence-electron chi connectivity index (χ3n) is 8.82. The maximum Gasteiger partial charge on any atom is 0.306 e. The lowest BCUT2D eigenvalue weighted by molar-refractivity contribution is -0.173. The summed E-state index contributed by atoms with van der Waals surface area (Å²) in [5.41, 5.74) is 0. The monoisotopic (exact) mass is 538 g/mol. The van der Waals surface area contributed by atoms with Gasteiger partial charge in [0.2, 0.25) is 0 Å². The van der Waals surface area contributed by atoms with Crippen LogP contribution in [0.4, 0.5) is 0 Å². The molecule has 4 atom stereocenters. The van der Waals surface area contributed by atoms with Gasteiger partial charge >= 0.3 is 5.97 Å². The van der Waals surface area contributed by atoms with E-state index in [-0.39, 0.29) is 12.0 Å². The second-order valence-corrected chi connectivity index (χ2v) is 11.7. The van der Waals surface area contributed by atoms with Crippen LogP contribution in [0.5, 0.6) is 0 Å². The smallest absolute Gasteiger partial charge is 0.306 e. The van der Waals surface area contributed by atoms with Crippen molar-refractivity contribution in [2.24, 2.45) is 17.8 Å². The molecule has 3 aliphatic rings. The van der Waals surface area contributed by atoms with Gasteiger partial charge in [-0.15, -0.1) is 0 Å². The van der Waals surface area contributed by atoms with Gasteiger partial charge in [-0.05, 0) is 50.4 Å². The molecule has 0 aromatic carbocycles. The third-order valence-corrected chi connectivity index (χ3v) is 8.82. The molecule has 0 spiro atoms. The van der Waals surface area contributed by atoms with Gasteiger partial charge in [-0.1, -0.05) is 70.4 Å². The molecular formula is C31H54O7. The molecule has 2 saturated heterocycles. The number of aliphatic carboxylic acids is 1. The molecule has 0 aromatic rings. The molecular weight excluding hydrogens is 484 g/mol. The number of unbranched alkanes of at least 4 members (excludes halogenated alkanes) is 4. The fourth-order valence-corrected chi connectivity index (χ4v) is 6.64. The zero-order chi connectivity index (χ0) is 27.1. The summed E-state index contributed by atoms with van der Waals surface area (Å²) in [5.74, 6) is -1.54. The molecule has 2 N–H and O–H groups in total. The molecule has 3 rings (SSSR count). The van der Waals surface area contributed by atoms with Crippen molar-refractivity contribution in [2.75, 3.05) is 33.0 Å². The van der Waals surface area contributed by atoms with Crippen LogP contribution in [0.25, 0.3) is 0 Å². The zero-order valence-corrected chi connectivity index (χ0v) is 23.8. The highest BCUT2D eigenvalue weighted by molar-refractivity contribution is 5.70. The van der Waals surface area contributed by atoms with Crippen molar-refractivity contribution in [3.8, 4) is 0 Å². The first-order valence-electron chi connectivity index (χ1n) is 15.6. The van der Waals surface area contributed by atoms with Gasteiger partial charge in [0.05, 0.1) is 44.6 Å². The summed E-state index contributed by atoms with van der Waals surface area (Å²) in [7, 11) is 0. The summed E-state index contributed by atoms with van der Waals surface area (Å²) in [6.45, 7) is 5.38. The van der Waals surface area contributed by atoms with E-state index in [0.29, 0.717) is 58.0 Å². The van der Waals surface area contributed by atoms with Crippen LogP contribution in [0.2, 0.25) is 0 Å². The van der Waals surface area contributed by atoms with Crippen molar-refractivity contribution >= 4 is 5.97 Å². The van der Waals surface area contributed by atoms with Crippen LogP contribution in [-0.4, -0.2) is 67.2 Å². The summed E-state index contributed by atoms with van der Waals surface area (Å²) in [5, 5.41) is 21.2. The van der Waals surface area contributed by atoms with Crippen LogP contribution < -0.4 is 0 Å². The molecule has 1 unspecified atom stereocenters. The van der Waals surface area contributed by atoms with Crippen molar-refractivity contribution in [3.05, 3.63) is 12.2 Å². The van der Waals surface area contributed by atoms with Crippen molar-refractivity contribution in [3.63, 3.8) is 0 Å². The number of hydrogen-bond donors (Lipinski definition) is 2. The van der Waals surface area contributed by atoms with Gasteiger partial charge in [-0.2, -0.15) is 0 Å². The van der Waals surface area contributed by atoms with Crippen molar-refractivity contribution in [1.82, 2.24) is 0 Å². The molecule has 0 amide bonds. The normalized spacial score (nSPS) is 24.6. The Balaban J connectivity index is 1.52. The number of carbonyl (C=O) groups is 1. The molecule has 1 saturated carbocycles. The Morgan fingerprint density at radius 3 is 2.45 bits per heavy atom. The minimum absolute atomic E-state index is 0.0305. The summed E-state index contributed by atoms with van der Waals surface area (Å²) in [6, 6.07) is 0. The Hall–Kier alpha value is -0.990.